The fourth-order valence-electron chi connectivity index (χ4n) is 2.30. The van der Waals surface area contributed by atoms with Crippen LogP contribution in [-0.2, 0) is 23.1 Å². The van der Waals surface area contributed by atoms with Crippen molar-refractivity contribution >= 4 is 10.0 Å². The van der Waals surface area contributed by atoms with Gasteiger partial charge in [0.05, 0.1) is 4.90 Å². The van der Waals surface area contributed by atoms with E-state index in [1.165, 1.54) is 12.6 Å². The maximum absolute atomic E-state index is 11.7. The Morgan fingerprint density at radius 2 is 1.70 bits per heavy atom. The molecule has 0 aliphatic carbocycles. The molecular weight excluding hydrogens is 310 g/mol. The Morgan fingerprint density at radius 1 is 1.04 bits per heavy atom. The predicted octanol–water partition coefficient (Wildman–Crippen LogP) is 3.37. The number of nitrogens with one attached hydrogen (secondary N) is 1. The zero-order valence-electron chi connectivity index (χ0n) is 13.7. The summed E-state index contributed by atoms with van der Waals surface area (Å²) in [6.45, 7) is 4.77. The second-order valence-corrected chi connectivity index (χ2v) is 7.73. The highest BCUT2D eigenvalue weighted by Gasteiger charge is 2.11. The van der Waals surface area contributed by atoms with Gasteiger partial charge in [-0.15, -0.1) is 0 Å². The highest BCUT2D eigenvalue weighted by molar-refractivity contribution is 7.89. The van der Waals surface area contributed by atoms with E-state index in [2.05, 4.69) is 24.6 Å². The number of benzene rings is 2. The van der Waals surface area contributed by atoms with Crippen LogP contribution >= 0.6 is 0 Å². The number of rotatable bonds is 7. The van der Waals surface area contributed by atoms with Crippen LogP contribution in [-0.4, -0.2) is 15.5 Å². The molecule has 23 heavy (non-hydrogen) atoms. The molecule has 0 unspecified atom stereocenters. The Kier molecular flexibility index (Phi) is 5.80. The van der Waals surface area contributed by atoms with E-state index in [1.54, 1.807) is 24.3 Å². The predicted molar refractivity (Wildman–Crippen MR) is 92.0 cm³/mol. The third kappa shape index (κ3) is 4.81. The molecule has 0 radical (unpaired) electrons. The van der Waals surface area contributed by atoms with Gasteiger partial charge in [0, 0.05) is 0 Å². The van der Waals surface area contributed by atoms with Gasteiger partial charge < -0.3 is 4.74 Å². The molecule has 1 N–H and O–H groups in total. The van der Waals surface area contributed by atoms with E-state index in [9.17, 15) is 8.42 Å². The van der Waals surface area contributed by atoms with E-state index in [0.29, 0.717) is 12.5 Å². The zero-order valence-corrected chi connectivity index (χ0v) is 14.6. The van der Waals surface area contributed by atoms with Crippen molar-refractivity contribution in [1.29, 1.82) is 0 Å². The first-order valence-electron chi connectivity index (χ1n) is 7.65. The summed E-state index contributed by atoms with van der Waals surface area (Å²) >= 11 is 0. The summed E-state index contributed by atoms with van der Waals surface area (Å²) in [6.07, 6.45) is 0.968. The molecule has 0 atom stereocenters. The van der Waals surface area contributed by atoms with Crippen LogP contribution in [0.3, 0.4) is 0 Å². The smallest absolute Gasteiger partial charge is 0.240 e. The molecule has 0 saturated heterocycles. The molecule has 0 aliphatic rings. The molecule has 0 aromatic heterocycles. The van der Waals surface area contributed by atoms with Gasteiger partial charge >= 0.3 is 0 Å². The summed E-state index contributed by atoms with van der Waals surface area (Å²) in [4.78, 5) is 0.254. The quantitative estimate of drug-likeness (QED) is 0.845. The molecule has 0 bridgehead atoms. The zero-order chi connectivity index (χ0) is 16.9. The van der Waals surface area contributed by atoms with Crippen molar-refractivity contribution in [3.05, 3.63) is 59.7 Å². The molecule has 0 aliphatic heterocycles. The highest BCUT2D eigenvalue weighted by atomic mass is 32.2. The molecule has 2 aromatic carbocycles. The van der Waals surface area contributed by atoms with Gasteiger partial charge in [-0.3, -0.25) is 0 Å². The van der Waals surface area contributed by atoms with Crippen molar-refractivity contribution in [3.8, 4) is 5.75 Å². The van der Waals surface area contributed by atoms with Crippen LogP contribution < -0.4 is 9.46 Å². The molecule has 0 fully saturated rings. The Bertz CT molecular complexity index is 737. The van der Waals surface area contributed by atoms with Gasteiger partial charge in [-0.2, -0.15) is 0 Å². The van der Waals surface area contributed by atoms with Gasteiger partial charge in [-0.05, 0) is 48.7 Å². The minimum absolute atomic E-state index is 0.254. The van der Waals surface area contributed by atoms with Crippen LogP contribution in [0.25, 0.3) is 0 Å². The third-order valence-electron chi connectivity index (χ3n) is 3.50. The number of ether oxygens (including phenoxy) is 1. The van der Waals surface area contributed by atoms with E-state index in [0.717, 1.165) is 17.7 Å². The lowest BCUT2D eigenvalue weighted by Gasteiger charge is -2.13. The number of hydrogen-bond donors (Lipinski definition) is 1. The summed E-state index contributed by atoms with van der Waals surface area (Å²) in [5.41, 5.74) is 2.12. The van der Waals surface area contributed by atoms with E-state index in [-0.39, 0.29) is 4.90 Å². The Labute approximate surface area is 138 Å². The lowest BCUT2D eigenvalue weighted by molar-refractivity contribution is 0.301. The lowest BCUT2D eigenvalue weighted by atomic mass is 10.0. The van der Waals surface area contributed by atoms with Gasteiger partial charge in [0.25, 0.3) is 0 Å². The summed E-state index contributed by atoms with van der Waals surface area (Å²) in [5.74, 6) is 1.44. The average Bonchev–Trinajstić information content (AvgIpc) is 2.54. The second kappa shape index (κ2) is 7.62. The van der Waals surface area contributed by atoms with Crippen LogP contribution in [0.1, 0.15) is 25.0 Å². The number of para-hydroxylation sites is 1. The molecule has 0 spiro atoms. The van der Waals surface area contributed by atoms with Gasteiger partial charge in [0.2, 0.25) is 10.0 Å². The molecule has 0 heterocycles. The molecule has 124 valence electrons. The Morgan fingerprint density at radius 3 is 2.30 bits per heavy atom. The largest absolute Gasteiger partial charge is 0.489 e. The van der Waals surface area contributed by atoms with Crippen molar-refractivity contribution in [2.75, 3.05) is 7.05 Å². The van der Waals surface area contributed by atoms with Gasteiger partial charge in [0.1, 0.15) is 12.4 Å². The molecule has 0 amide bonds. The van der Waals surface area contributed by atoms with Crippen molar-refractivity contribution < 1.29 is 13.2 Å². The van der Waals surface area contributed by atoms with Gasteiger partial charge in [0.15, 0.2) is 0 Å². The van der Waals surface area contributed by atoms with Gasteiger partial charge in [-0.1, -0.05) is 44.2 Å². The fourth-order valence-corrected chi connectivity index (χ4v) is 3.03. The molecule has 2 rings (SSSR count). The maximum atomic E-state index is 11.7. The SMILES string of the molecule is CNS(=O)(=O)c1ccc(COc2ccccc2CC(C)C)cc1. The van der Waals surface area contributed by atoms with Crippen LogP contribution in [0.2, 0.25) is 0 Å². The molecule has 0 saturated carbocycles. The van der Waals surface area contributed by atoms with Crippen molar-refractivity contribution in [2.45, 2.75) is 31.8 Å². The van der Waals surface area contributed by atoms with Crippen LogP contribution in [0.15, 0.2) is 53.4 Å². The summed E-state index contributed by atoms with van der Waals surface area (Å²) < 4.78 is 31.6. The average molecular weight is 333 g/mol. The highest BCUT2D eigenvalue weighted by Crippen LogP contribution is 2.22. The minimum atomic E-state index is -3.39. The first-order valence-corrected chi connectivity index (χ1v) is 9.14. The second-order valence-electron chi connectivity index (χ2n) is 5.85. The number of sulfonamides is 1. The fraction of sp³-hybridized carbons (Fsp3) is 0.333. The normalized spacial score (nSPS) is 11.7. The third-order valence-corrected chi connectivity index (χ3v) is 4.93. The standard InChI is InChI=1S/C18H23NO3S/c1-14(2)12-16-6-4-5-7-18(16)22-13-15-8-10-17(11-9-15)23(20,21)19-3/h4-11,14,19H,12-13H2,1-3H3. The van der Waals surface area contributed by atoms with E-state index >= 15 is 0 Å². The van der Waals surface area contributed by atoms with Crippen molar-refractivity contribution in [1.82, 2.24) is 4.72 Å². The maximum Gasteiger partial charge on any atom is 0.240 e. The Hall–Kier alpha value is -1.85. The summed E-state index contributed by atoms with van der Waals surface area (Å²) in [6, 6.07) is 14.7. The minimum Gasteiger partial charge on any atom is -0.489 e. The topological polar surface area (TPSA) is 55.4 Å². The monoisotopic (exact) mass is 333 g/mol. The van der Waals surface area contributed by atoms with Crippen molar-refractivity contribution in [3.63, 3.8) is 0 Å². The van der Waals surface area contributed by atoms with Crippen LogP contribution in [0.5, 0.6) is 5.75 Å². The molecular formula is C18H23NO3S. The van der Waals surface area contributed by atoms with Crippen molar-refractivity contribution in [2.24, 2.45) is 5.92 Å². The van der Waals surface area contributed by atoms with Gasteiger partial charge in [-0.25, -0.2) is 13.1 Å². The first-order chi connectivity index (χ1) is 10.9. The molecule has 2 aromatic rings. The van der Waals surface area contributed by atoms with Crippen LogP contribution in [0, 0.1) is 5.92 Å². The number of hydrogen-bond acceptors (Lipinski definition) is 3. The lowest BCUT2D eigenvalue weighted by Crippen LogP contribution is -2.18. The first kappa shape index (κ1) is 17.5. The summed E-state index contributed by atoms with van der Waals surface area (Å²) in [5, 5.41) is 0. The Balaban J connectivity index is 2.07. The molecule has 4 nitrogen and oxygen atoms in total. The van der Waals surface area contributed by atoms with E-state index < -0.39 is 10.0 Å². The molecule has 5 heteroatoms. The van der Waals surface area contributed by atoms with E-state index in [4.69, 9.17) is 4.74 Å². The van der Waals surface area contributed by atoms with Crippen LogP contribution in [0.4, 0.5) is 0 Å². The summed E-state index contributed by atoms with van der Waals surface area (Å²) in [7, 11) is -1.99. The van der Waals surface area contributed by atoms with E-state index in [1.807, 2.05) is 18.2 Å².